The van der Waals surface area contributed by atoms with Gasteiger partial charge in [-0.1, -0.05) is 6.92 Å². The number of rotatable bonds is 3. The molecule has 6 heteroatoms. The van der Waals surface area contributed by atoms with Gasteiger partial charge in [0.05, 0.1) is 12.7 Å². The lowest BCUT2D eigenvalue weighted by atomic mass is 9.97. The Morgan fingerprint density at radius 3 is 3.00 bits per heavy atom. The number of aromatic nitrogens is 2. The summed E-state index contributed by atoms with van der Waals surface area (Å²) in [6.45, 7) is 5.93. The summed E-state index contributed by atoms with van der Waals surface area (Å²) in [4.78, 5) is 10.3. The molecule has 0 aliphatic carbocycles. The van der Waals surface area contributed by atoms with Crippen LogP contribution >= 0.6 is 0 Å². The summed E-state index contributed by atoms with van der Waals surface area (Å²) in [6.07, 6.45) is 1.96. The van der Waals surface area contributed by atoms with Crippen LogP contribution in [0.1, 0.15) is 20.3 Å². The summed E-state index contributed by atoms with van der Waals surface area (Å²) in [5.41, 5.74) is 6.50. The van der Waals surface area contributed by atoms with Crippen LogP contribution in [0.5, 0.6) is 5.88 Å². The van der Waals surface area contributed by atoms with Gasteiger partial charge >= 0.3 is 0 Å². The Hall–Kier alpha value is -1.56. The lowest BCUT2D eigenvalue weighted by Crippen LogP contribution is -2.42. The summed E-state index contributed by atoms with van der Waals surface area (Å²) in [6, 6.07) is 0. The second kappa shape index (κ2) is 5.39. The highest BCUT2D eigenvalue weighted by Gasteiger charge is 2.26. The maximum absolute atomic E-state index is 9.74. The van der Waals surface area contributed by atoms with E-state index in [1.165, 1.54) is 6.33 Å². The van der Waals surface area contributed by atoms with Crippen LogP contribution in [0.15, 0.2) is 6.33 Å². The first-order valence-electron chi connectivity index (χ1n) is 6.29. The van der Waals surface area contributed by atoms with Crippen molar-refractivity contribution in [1.82, 2.24) is 9.97 Å². The van der Waals surface area contributed by atoms with E-state index < -0.39 is 0 Å². The van der Waals surface area contributed by atoms with Crippen LogP contribution in [-0.4, -0.2) is 40.9 Å². The van der Waals surface area contributed by atoms with Crippen molar-refractivity contribution in [3.8, 4) is 5.88 Å². The van der Waals surface area contributed by atoms with Gasteiger partial charge in [0.25, 0.3) is 0 Å². The molecule has 18 heavy (non-hydrogen) atoms. The number of nitrogens with two attached hydrogens (primary N) is 1. The van der Waals surface area contributed by atoms with Gasteiger partial charge in [-0.05, 0) is 19.3 Å². The average molecular weight is 252 g/mol. The van der Waals surface area contributed by atoms with Crippen molar-refractivity contribution >= 4 is 11.5 Å². The number of hydrogen-bond donors (Lipinski definition) is 2. The van der Waals surface area contributed by atoms with E-state index in [1.54, 1.807) is 0 Å². The molecule has 2 rings (SSSR count). The first-order chi connectivity index (χ1) is 8.63. The Labute approximate surface area is 107 Å². The molecule has 1 saturated heterocycles. The van der Waals surface area contributed by atoms with Crippen molar-refractivity contribution in [2.75, 3.05) is 30.3 Å². The predicted molar refractivity (Wildman–Crippen MR) is 69.6 cm³/mol. The molecule has 1 aromatic rings. The van der Waals surface area contributed by atoms with E-state index >= 15 is 0 Å². The van der Waals surface area contributed by atoms with Gasteiger partial charge in [0.2, 0.25) is 5.88 Å². The largest absolute Gasteiger partial charge is 0.476 e. The topological polar surface area (TPSA) is 84.5 Å². The fourth-order valence-electron chi connectivity index (χ4n) is 2.20. The molecule has 3 N–H and O–H groups in total. The normalized spacial score (nSPS) is 24.1. The molecule has 100 valence electrons. The van der Waals surface area contributed by atoms with Crippen molar-refractivity contribution in [2.45, 2.75) is 26.4 Å². The molecule has 0 aromatic carbocycles. The minimum absolute atomic E-state index is 0.212. The summed E-state index contributed by atoms with van der Waals surface area (Å²) in [7, 11) is 0. The van der Waals surface area contributed by atoms with E-state index in [1.807, 2.05) is 13.8 Å². The maximum atomic E-state index is 9.74. The molecular formula is C12H20N4O2. The SMILES string of the molecule is CCOc1ncnc(N2CCC(O)C(C)C2)c1N. The zero-order valence-corrected chi connectivity index (χ0v) is 10.8. The van der Waals surface area contributed by atoms with Crippen LogP contribution in [0.3, 0.4) is 0 Å². The molecule has 0 bridgehead atoms. The molecule has 6 nitrogen and oxygen atoms in total. The van der Waals surface area contributed by atoms with Gasteiger partial charge in [-0.15, -0.1) is 0 Å². The van der Waals surface area contributed by atoms with Gasteiger partial charge in [-0.3, -0.25) is 0 Å². The molecule has 0 saturated carbocycles. The quantitative estimate of drug-likeness (QED) is 0.822. The smallest absolute Gasteiger partial charge is 0.242 e. The molecule has 1 aliphatic rings. The van der Waals surface area contributed by atoms with Crippen LogP contribution in [0.2, 0.25) is 0 Å². The van der Waals surface area contributed by atoms with Crippen LogP contribution in [-0.2, 0) is 0 Å². The van der Waals surface area contributed by atoms with Gasteiger partial charge in [0.15, 0.2) is 5.82 Å². The van der Waals surface area contributed by atoms with Gasteiger partial charge in [0.1, 0.15) is 12.0 Å². The van der Waals surface area contributed by atoms with E-state index in [0.717, 1.165) is 19.5 Å². The monoisotopic (exact) mass is 252 g/mol. The summed E-state index contributed by atoms with van der Waals surface area (Å²) in [5, 5.41) is 9.74. The van der Waals surface area contributed by atoms with Crippen LogP contribution in [0, 0.1) is 5.92 Å². The minimum atomic E-state index is -0.240. The van der Waals surface area contributed by atoms with E-state index in [4.69, 9.17) is 10.5 Å². The van der Waals surface area contributed by atoms with E-state index in [0.29, 0.717) is 24.0 Å². The Kier molecular flexibility index (Phi) is 3.86. The molecule has 1 fully saturated rings. The van der Waals surface area contributed by atoms with Gasteiger partial charge in [-0.2, -0.15) is 4.98 Å². The molecule has 0 radical (unpaired) electrons. The van der Waals surface area contributed by atoms with Crippen LogP contribution < -0.4 is 15.4 Å². The molecule has 2 unspecified atom stereocenters. The van der Waals surface area contributed by atoms with E-state index in [2.05, 4.69) is 14.9 Å². The van der Waals surface area contributed by atoms with Crippen LogP contribution in [0.25, 0.3) is 0 Å². The lowest BCUT2D eigenvalue weighted by molar-refractivity contribution is 0.0969. The van der Waals surface area contributed by atoms with Gasteiger partial charge in [0, 0.05) is 13.1 Å². The zero-order chi connectivity index (χ0) is 13.1. The summed E-state index contributed by atoms with van der Waals surface area (Å²) >= 11 is 0. The zero-order valence-electron chi connectivity index (χ0n) is 10.8. The molecule has 0 amide bonds. The number of hydrogen-bond acceptors (Lipinski definition) is 6. The molecule has 2 atom stereocenters. The molecule has 1 aliphatic heterocycles. The molecular weight excluding hydrogens is 232 g/mol. The fourth-order valence-corrected chi connectivity index (χ4v) is 2.20. The second-order valence-electron chi connectivity index (χ2n) is 4.63. The number of anilines is 2. The number of piperidine rings is 1. The van der Waals surface area contributed by atoms with Crippen molar-refractivity contribution in [1.29, 1.82) is 0 Å². The number of nitrogens with zero attached hydrogens (tertiary/aromatic N) is 3. The van der Waals surface area contributed by atoms with E-state index in [-0.39, 0.29) is 12.0 Å². The summed E-state index contributed by atoms with van der Waals surface area (Å²) < 4.78 is 5.36. The van der Waals surface area contributed by atoms with E-state index in [9.17, 15) is 5.11 Å². The van der Waals surface area contributed by atoms with Crippen LogP contribution in [0.4, 0.5) is 11.5 Å². The number of aliphatic hydroxyl groups excluding tert-OH is 1. The third-order valence-electron chi connectivity index (χ3n) is 3.27. The van der Waals surface area contributed by atoms with Crippen molar-refractivity contribution in [3.63, 3.8) is 0 Å². The number of aliphatic hydroxyl groups is 1. The summed E-state index contributed by atoms with van der Waals surface area (Å²) in [5.74, 6) is 1.34. The Morgan fingerprint density at radius 2 is 2.33 bits per heavy atom. The van der Waals surface area contributed by atoms with Crippen molar-refractivity contribution < 1.29 is 9.84 Å². The highest BCUT2D eigenvalue weighted by molar-refractivity contribution is 5.67. The predicted octanol–water partition coefficient (Wildman–Crippen LogP) is 0.665. The van der Waals surface area contributed by atoms with Crippen molar-refractivity contribution in [3.05, 3.63) is 6.33 Å². The maximum Gasteiger partial charge on any atom is 0.242 e. The third kappa shape index (κ3) is 2.48. The second-order valence-corrected chi connectivity index (χ2v) is 4.63. The third-order valence-corrected chi connectivity index (χ3v) is 3.27. The lowest BCUT2D eigenvalue weighted by Gasteiger charge is -2.35. The molecule has 1 aromatic heterocycles. The Morgan fingerprint density at radius 1 is 1.56 bits per heavy atom. The fraction of sp³-hybridized carbons (Fsp3) is 0.667. The minimum Gasteiger partial charge on any atom is -0.476 e. The molecule has 0 spiro atoms. The standard InChI is InChI=1S/C12H20N4O2/c1-3-18-12-10(13)11(14-7-15-12)16-5-4-9(17)8(2)6-16/h7-9,17H,3-6,13H2,1-2H3. The first-order valence-corrected chi connectivity index (χ1v) is 6.29. The molecule has 2 heterocycles. The number of ether oxygens (including phenoxy) is 1. The first kappa shape index (κ1) is 12.9. The van der Waals surface area contributed by atoms with Gasteiger partial charge in [-0.25, -0.2) is 4.98 Å². The van der Waals surface area contributed by atoms with Gasteiger partial charge < -0.3 is 20.5 Å². The number of nitrogen functional groups attached to an aromatic ring is 1. The highest BCUT2D eigenvalue weighted by atomic mass is 16.5. The average Bonchev–Trinajstić information content (AvgIpc) is 2.36. The Bertz CT molecular complexity index is 413. The highest BCUT2D eigenvalue weighted by Crippen LogP contribution is 2.30. The Balaban J connectivity index is 2.20. The van der Waals surface area contributed by atoms with Crippen molar-refractivity contribution in [2.24, 2.45) is 5.92 Å².